The van der Waals surface area contributed by atoms with Gasteiger partial charge in [0.05, 0.1) is 13.2 Å². The summed E-state index contributed by atoms with van der Waals surface area (Å²) < 4.78 is 11.4. The summed E-state index contributed by atoms with van der Waals surface area (Å²) in [6.07, 6.45) is 4.60. The zero-order chi connectivity index (χ0) is 14.0. The molecule has 2 rings (SSSR count). The molecule has 1 aliphatic rings. The minimum absolute atomic E-state index is 0.625. The molecule has 20 heavy (non-hydrogen) atoms. The summed E-state index contributed by atoms with van der Waals surface area (Å²) in [5.74, 6) is 1.60. The lowest BCUT2D eigenvalue weighted by atomic mass is 9.91. The predicted molar refractivity (Wildman–Crippen MR) is 82.2 cm³/mol. The van der Waals surface area contributed by atoms with E-state index in [1.54, 1.807) is 0 Å². The molecule has 0 radical (unpaired) electrons. The van der Waals surface area contributed by atoms with Crippen molar-refractivity contribution in [1.29, 1.82) is 0 Å². The van der Waals surface area contributed by atoms with Crippen LogP contribution in [0, 0.1) is 5.92 Å². The predicted octanol–water partition coefficient (Wildman–Crippen LogP) is 3.25. The van der Waals surface area contributed by atoms with Gasteiger partial charge in [-0.1, -0.05) is 25.1 Å². The van der Waals surface area contributed by atoms with Crippen molar-refractivity contribution < 1.29 is 9.47 Å². The number of benzene rings is 1. The molecule has 2 atom stereocenters. The summed E-state index contributed by atoms with van der Waals surface area (Å²) in [5, 5.41) is 3.66. The van der Waals surface area contributed by atoms with Gasteiger partial charge in [-0.15, -0.1) is 0 Å². The maximum atomic E-state index is 5.75. The van der Waals surface area contributed by atoms with Crippen LogP contribution < -0.4 is 10.1 Å². The molecular formula is C17H27NO2. The van der Waals surface area contributed by atoms with Crippen LogP contribution in [0.4, 0.5) is 0 Å². The first-order valence-electron chi connectivity index (χ1n) is 7.89. The average Bonchev–Trinajstić information content (AvgIpc) is 2.51. The Morgan fingerprint density at radius 3 is 2.95 bits per heavy atom. The third-order valence-corrected chi connectivity index (χ3v) is 3.86. The fourth-order valence-corrected chi connectivity index (χ4v) is 2.73. The van der Waals surface area contributed by atoms with Crippen molar-refractivity contribution in [3.8, 4) is 5.75 Å². The van der Waals surface area contributed by atoms with Crippen LogP contribution in [-0.2, 0) is 4.74 Å². The zero-order valence-corrected chi connectivity index (χ0v) is 12.5. The Bertz CT molecular complexity index is 355. The molecule has 1 fully saturated rings. The number of hydrogen-bond acceptors (Lipinski definition) is 3. The summed E-state index contributed by atoms with van der Waals surface area (Å²) in [5.41, 5.74) is 0. The molecule has 1 N–H and O–H groups in total. The minimum Gasteiger partial charge on any atom is -0.494 e. The molecule has 3 nitrogen and oxygen atoms in total. The van der Waals surface area contributed by atoms with Crippen LogP contribution in [0.15, 0.2) is 30.3 Å². The van der Waals surface area contributed by atoms with E-state index in [0.717, 1.165) is 45.0 Å². The van der Waals surface area contributed by atoms with E-state index in [2.05, 4.69) is 12.2 Å². The molecule has 0 aliphatic carbocycles. The van der Waals surface area contributed by atoms with Crippen LogP contribution in [0.5, 0.6) is 5.75 Å². The molecule has 1 heterocycles. The summed E-state index contributed by atoms with van der Waals surface area (Å²) in [6, 6.07) is 10.7. The van der Waals surface area contributed by atoms with Gasteiger partial charge in [-0.2, -0.15) is 0 Å². The van der Waals surface area contributed by atoms with E-state index >= 15 is 0 Å². The highest BCUT2D eigenvalue weighted by Gasteiger charge is 2.24. The minimum atomic E-state index is 0.625. The molecule has 1 aromatic carbocycles. The zero-order valence-electron chi connectivity index (χ0n) is 12.5. The van der Waals surface area contributed by atoms with Crippen LogP contribution >= 0.6 is 0 Å². The monoisotopic (exact) mass is 277 g/mol. The molecule has 0 bridgehead atoms. The number of hydrogen-bond donors (Lipinski definition) is 1. The van der Waals surface area contributed by atoms with Gasteiger partial charge in [0, 0.05) is 12.6 Å². The molecule has 2 unspecified atom stereocenters. The molecule has 112 valence electrons. The Labute approximate surface area is 122 Å². The van der Waals surface area contributed by atoms with Gasteiger partial charge in [-0.3, -0.25) is 0 Å². The third kappa shape index (κ3) is 5.14. The largest absolute Gasteiger partial charge is 0.494 e. The van der Waals surface area contributed by atoms with E-state index in [-0.39, 0.29) is 0 Å². The topological polar surface area (TPSA) is 30.5 Å². The van der Waals surface area contributed by atoms with Gasteiger partial charge < -0.3 is 14.8 Å². The summed E-state index contributed by atoms with van der Waals surface area (Å²) in [6.45, 7) is 5.92. The summed E-state index contributed by atoms with van der Waals surface area (Å²) in [4.78, 5) is 0. The van der Waals surface area contributed by atoms with Crippen LogP contribution in [0.25, 0.3) is 0 Å². The molecule has 3 heteroatoms. The second-order valence-corrected chi connectivity index (χ2v) is 5.49. The van der Waals surface area contributed by atoms with Gasteiger partial charge in [-0.05, 0) is 50.3 Å². The maximum Gasteiger partial charge on any atom is 0.119 e. The van der Waals surface area contributed by atoms with Crippen molar-refractivity contribution in [2.24, 2.45) is 5.92 Å². The Kier molecular flexibility index (Phi) is 6.89. The molecule has 0 saturated carbocycles. The lowest BCUT2D eigenvalue weighted by Gasteiger charge is -2.32. The molecule has 1 saturated heterocycles. The lowest BCUT2D eigenvalue weighted by molar-refractivity contribution is 0.0268. The number of nitrogens with one attached hydrogen (secondary N) is 1. The van der Waals surface area contributed by atoms with E-state index in [0.29, 0.717) is 12.0 Å². The standard InChI is InChI=1S/C17H27NO2/c1-2-11-18-17-10-13-19-14-15(17)7-6-12-20-16-8-4-3-5-9-16/h3-5,8-9,15,17-18H,2,6-7,10-14H2,1H3. The molecular weight excluding hydrogens is 250 g/mol. The molecule has 1 aromatic rings. The number of ether oxygens (including phenoxy) is 2. The highest BCUT2D eigenvalue weighted by molar-refractivity contribution is 5.20. The van der Waals surface area contributed by atoms with Crippen molar-refractivity contribution in [2.75, 3.05) is 26.4 Å². The molecule has 1 aliphatic heterocycles. The first-order chi connectivity index (χ1) is 9.90. The van der Waals surface area contributed by atoms with Crippen LogP contribution in [0.1, 0.15) is 32.6 Å². The highest BCUT2D eigenvalue weighted by Crippen LogP contribution is 2.20. The second-order valence-electron chi connectivity index (χ2n) is 5.49. The van der Waals surface area contributed by atoms with Crippen LogP contribution in [0.2, 0.25) is 0 Å². The van der Waals surface area contributed by atoms with Crippen molar-refractivity contribution in [1.82, 2.24) is 5.32 Å². The van der Waals surface area contributed by atoms with Crippen molar-refractivity contribution in [2.45, 2.75) is 38.6 Å². The van der Waals surface area contributed by atoms with E-state index in [1.807, 2.05) is 30.3 Å². The lowest BCUT2D eigenvalue weighted by Crippen LogP contribution is -2.43. The van der Waals surface area contributed by atoms with E-state index < -0.39 is 0 Å². The fourth-order valence-electron chi connectivity index (χ4n) is 2.73. The Morgan fingerprint density at radius 1 is 1.30 bits per heavy atom. The van der Waals surface area contributed by atoms with E-state index in [9.17, 15) is 0 Å². The maximum absolute atomic E-state index is 5.75. The van der Waals surface area contributed by atoms with Crippen molar-refractivity contribution in [3.63, 3.8) is 0 Å². The quantitative estimate of drug-likeness (QED) is 0.740. The fraction of sp³-hybridized carbons (Fsp3) is 0.647. The van der Waals surface area contributed by atoms with Crippen LogP contribution in [0.3, 0.4) is 0 Å². The first kappa shape index (κ1) is 15.3. The second kappa shape index (κ2) is 8.98. The van der Waals surface area contributed by atoms with Crippen LogP contribution in [-0.4, -0.2) is 32.4 Å². The van der Waals surface area contributed by atoms with Gasteiger partial charge >= 0.3 is 0 Å². The Hall–Kier alpha value is -1.06. The van der Waals surface area contributed by atoms with Gasteiger partial charge in [-0.25, -0.2) is 0 Å². The van der Waals surface area contributed by atoms with Gasteiger partial charge in [0.2, 0.25) is 0 Å². The highest BCUT2D eigenvalue weighted by atomic mass is 16.5. The van der Waals surface area contributed by atoms with Crippen molar-refractivity contribution >= 4 is 0 Å². The Morgan fingerprint density at radius 2 is 2.15 bits per heavy atom. The summed E-state index contributed by atoms with van der Waals surface area (Å²) >= 11 is 0. The van der Waals surface area contributed by atoms with Gasteiger partial charge in [0.25, 0.3) is 0 Å². The summed E-state index contributed by atoms with van der Waals surface area (Å²) in [7, 11) is 0. The number of para-hydroxylation sites is 1. The number of rotatable bonds is 8. The van der Waals surface area contributed by atoms with Gasteiger partial charge in [0.15, 0.2) is 0 Å². The van der Waals surface area contributed by atoms with Gasteiger partial charge in [0.1, 0.15) is 5.75 Å². The SMILES string of the molecule is CCCNC1CCOCC1CCCOc1ccccc1. The average molecular weight is 277 g/mol. The van der Waals surface area contributed by atoms with E-state index in [1.165, 1.54) is 12.8 Å². The molecule has 0 aromatic heterocycles. The van der Waals surface area contributed by atoms with E-state index in [4.69, 9.17) is 9.47 Å². The smallest absolute Gasteiger partial charge is 0.119 e. The normalized spacial score (nSPS) is 22.6. The third-order valence-electron chi connectivity index (χ3n) is 3.86. The van der Waals surface area contributed by atoms with Crippen molar-refractivity contribution in [3.05, 3.63) is 30.3 Å². The first-order valence-corrected chi connectivity index (χ1v) is 7.89. The molecule has 0 amide bonds. The Balaban J connectivity index is 1.66. The molecule has 0 spiro atoms.